The number of rotatable bonds is 4. The van der Waals surface area contributed by atoms with Crippen molar-refractivity contribution in [2.75, 3.05) is 24.5 Å². The van der Waals surface area contributed by atoms with E-state index in [0.29, 0.717) is 17.1 Å². The highest BCUT2D eigenvalue weighted by Gasteiger charge is 2.11. The molecule has 0 saturated carbocycles. The van der Waals surface area contributed by atoms with E-state index in [0.717, 1.165) is 18.8 Å². The van der Waals surface area contributed by atoms with Crippen LogP contribution in [0.15, 0.2) is 18.2 Å². The molecule has 0 aliphatic carbocycles. The van der Waals surface area contributed by atoms with Gasteiger partial charge in [-0.15, -0.1) is 0 Å². The fourth-order valence-electron chi connectivity index (χ4n) is 1.49. The van der Waals surface area contributed by atoms with Crippen LogP contribution in [0.25, 0.3) is 0 Å². The van der Waals surface area contributed by atoms with E-state index in [1.54, 1.807) is 6.07 Å². The zero-order chi connectivity index (χ0) is 11.3. The third-order valence-electron chi connectivity index (χ3n) is 2.22. The van der Waals surface area contributed by atoms with Gasteiger partial charge >= 0.3 is 0 Å². The second-order valence-corrected chi connectivity index (χ2v) is 3.52. The molecule has 0 heterocycles. The summed E-state index contributed by atoms with van der Waals surface area (Å²) in [6.07, 6.45) is 0. The van der Waals surface area contributed by atoms with Gasteiger partial charge in [0.1, 0.15) is 6.07 Å². The van der Waals surface area contributed by atoms with Crippen molar-refractivity contribution in [3.63, 3.8) is 0 Å². The van der Waals surface area contributed by atoms with E-state index in [2.05, 4.69) is 6.07 Å². The fourth-order valence-corrected chi connectivity index (χ4v) is 1.70. The van der Waals surface area contributed by atoms with Crippen LogP contribution in [0.3, 0.4) is 0 Å². The number of anilines is 1. The van der Waals surface area contributed by atoms with Crippen LogP contribution < -0.4 is 10.6 Å². The molecule has 0 aromatic heterocycles. The molecule has 1 aromatic carbocycles. The maximum atomic E-state index is 9.02. The summed E-state index contributed by atoms with van der Waals surface area (Å²) in [6.45, 7) is 4.13. The number of hydrogen-bond donors (Lipinski definition) is 1. The zero-order valence-electron chi connectivity index (χ0n) is 8.70. The van der Waals surface area contributed by atoms with Crippen molar-refractivity contribution in [3.05, 3.63) is 28.8 Å². The SMILES string of the molecule is CCN(CCN)c1cccc(Cl)c1C#N. The summed E-state index contributed by atoms with van der Waals surface area (Å²) in [5, 5.41) is 9.51. The van der Waals surface area contributed by atoms with Crippen LogP contribution in [-0.2, 0) is 0 Å². The Morgan fingerprint density at radius 2 is 2.27 bits per heavy atom. The van der Waals surface area contributed by atoms with E-state index in [9.17, 15) is 0 Å². The molecule has 0 spiro atoms. The van der Waals surface area contributed by atoms with Gasteiger partial charge in [0, 0.05) is 19.6 Å². The molecular formula is C11H14ClN3. The highest BCUT2D eigenvalue weighted by molar-refractivity contribution is 6.32. The third kappa shape index (κ3) is 2.62. The van der Waals surface area contributed by atoms with Gasteiger partial charge in [-0.1, -0.05) is 17.7 Å². The molecule has 80 valence electrons. The minimum absolute atomic E-state index is 0.491. The number of nitrogens with zero attached hydrogens (tertiary/aromatic N) is 2. The first kappa shape index (κ1) is 11.8. The van der Waals surface area contributed by atoms with Gasteiger partial charge in [0.05, 0.1) is 16.3 Å². The Bertz CT molecular complexity index is 371. The standard InChI is InChI=1S/C11H14ClN3/c1-2-15(7-6-13)11-5-3-4-10(12)9(11)8-14/h3-5H,2,6-7,13H2,1H3. The van der Waals surface area contributed by atoms with Gasteiger partial charge in [-0.3, -0.25) is 0 Å². The van der Waals surface area contributed by atoms with Gasteiger partial charge < -0.3 is 10.6 Å². The first-order valence-electron chi connectivity index (χ1n) is 4.88. The summed E-state index contributed by atoms with van der Waals surface area (Å²) >= 11 is 5.95. The second-order valence-electron chi connectivity index (χ2n) is 3.11. The Hall–Kier alpha value is -1.24. The summed E-state index contributed by atoms with van der Waals surface area (Å²) in [5.41, 5.74) is 6.90. The van der Waals surface area contributed by atoms with E-state index in [4.69, 9.17) is 22.6 Å². The van der Waals surface area contributed by atoms with E-state index in [1.165, 1.54) is 0 Å². The highest BCUT2D eigenvalue weighted by Crippen LogP contribution is 2.26. The van der Waals surface area contributed by atoms with E-state index < -0.39 is 0 Å². The normalized spacial score (nSPS) is 9.73. The van der Waals surface area contributed by atoms with Crippen LogP contribution in [0.2, 0.25) is 5.02 Å². The molecule has 2 N–H and O–H groups in total. The van der Waals surface area contributed by atoms with Gasteiger partial charge in [-0.2, -0.15) is 5.26 Å². The lowest BCUT2D eigenvalue weighted by atomic mass is 10.1. The number of likely N-dealkylation sites (N-methyl/N-ethyl adjacent to an activating group) is 1. The fraction of sp³-hybridized carbons (Fsp3) is 0.364. The summed E-state index contributed by atoms with van der Waals surface area (Å²) < 4.78 is 0. The lowest BCUT2D eigenvalue weighted by Crippen LogP contribution is -2.29. The molecule has 15 heavy (non-hydrogen) atoms. The van der Waals surface area contributed by atoms with Crippen molar-refractivity contribution >= 4 is 17.3 Å². The molecule has 4 heteroatoms. The van der Waals surface area contributed by atoms with Crippen LogP contribution in [0.1, 0.15) is 12.5 Å². The number of benzene rings is 1. The highest BCUT2D eigenvalue weighted by atomic mass is 35.5. The Kier molecular flexibility index (Phi) is 4.41. The topological polar surface area (TPSA) is 53.0 Å². The number of hydrogen-bond acceptors (Lipinski definition) is 3. The predicted molar refractivity (Wildman–Crippen MR) is 63.1 cm³/mol. The molecule has 0 aliphatic heterocycles. The molecular weight excluding hydrogens is 210 g/mol. The molecule has 0 amide bonds. The number of halogens is 1. The van der Waals surface area contributed by atoms with Gasteiger partial charge in [-0.05, 0) is 19.1 Å². The number of nitrogens with two attached hydrogens (primary N) is 1. The summed E-state index contributed by atoms with van der Waals surface area (Å²) in [4.78, 5) is 2.05. The Balaban J connectivity index is 3.12. The monoisotopic (exact) mass is 223 g/mol. The second kappa shape index (κ2) is 5.59. The van der Waals surface area contributed by atoms with E-state index in [1.807, 2.05) is 24.0 Å². The summed E-state index contributed by atoms with van der Waals surface area (Å²) in [6, 6.07) is 7.58. The van der Waals surface area contributed by atoms with E-state index >= 15 is 0 Å². The van der Waals surface area contributed by atoms with Crippen LogP contribution in [0.4, 0.5) is 5.69 Å². The van der Waals surface area contributed by atoms with Crippen LogP contribution in [-0.4, -0.2) is 19.6 Å². The Morgan fingerprint density at radius 3 is 2.80 bits per heavy atom. The van der Waals surface area contributed by atoms with Crippen molar-refractivity contribution in [2.24, 2.45) is 5.73 Å². The summed E-state index contributed by atoms with van der Waals surface area (Å²) in [7, 11) is 0. The minimum atomic E-state index is 0.491. The molecule has 0 atom stereocenters. The van der Waals surface area contributed by atoms with Gasteiger partial charge in [0.25, 0.3) is 0 Å². The average Bonchev–Trinajstić information content (AvgIpc) is 2.25. The van der Waals surface area contributed by atoms with Gasteiger partial charge in [0.2, 0.25) is 0 Å². The molecule has 1 aromatic rings. The lowest BCUT2D eigenvalue weighted by molar-refractivity contribution is 0.815. The van der Waals surface area contributed by atoms with Gasteiger partial charge in [-0.25, -0.2) is 0 Å². The Morgan fingerprint density at radius 1 is 1.53 bits per heavy atom. The smallest absolute Gasteiger partial charge is 0.103 e. The number of nitriles is 1. The first-order chi connectivity index (χ1) is 7.24. The quantitative estimate of drug-likeness (QED) is 0.850. The van der Waals surface area contributed by atoms with Crippen LogP contribution >= 0.6 is 11.6 Å². The van der Waals surface area contributed by atoms with Crippen LogP contribution in [0.5, 0.6) is 0 Å². The zero-order valence-corrected chi connectivity index (χ0v) is 9.46. The molecule has 1 rings (SSSR count). The van der Waals surface area contributed by atoms with Crippen molar-refractivity contribution in [1.29, 1.82) is 5.26 Å². The average molecular weight is 224 g/mol. The van der Waals surface area contributed by atoms with Crippen molar-refractivity contribution in [2.45, 2.75) is 6.92 Å². The Labute approximate surface area is 95.1 Å². The lowest BCUT2D eigenvalue weighted by Gasteiger charge is -2.23. The predicted octanol–water partition coefficient (Wildman–Crippen LogP) is 2.00. The molecule has 0 bridgehead atoms. The van der Waals surface area contributed by atoms with Crippen LogP contribution in [0, 0.1) is 11.3 Å². The third-order valence-corrected chi connectivity index (χ3v) is 2.54. The molecule has 3 nitrogen and oxygen atoms in total. The van der Waals surface area contributed by atoms with Crippen molar-refractivity contribution in [3.8, 4) is 6.07 Å². The van der Waals surface area contributed by atoms with Crippen molar-refractivity contribution < 1.29 is 0 Å². The van der Waals surface area contributed by atoms with Crippen molar-refractivity contribution in [1.82, 2.24) is 0 Å². The largest absolute Gasteiger partial charge is 0.369 e. The van der Waals surface area contributed by atoms with Gasteiger partial charge in [0.15, 0.2) is 0 Å². The maximum Gasteiger partial charge on any atom is 0.103 e. The molecule has 0 saturated heterocycles. The molecule has 0 fully saturated rings. The first-order valence-corrected chi connectivity index (χ1v) is 5.26. The molecule has 0 unspecified atom stereocenters. The molecule has 0 aliphatic rings. The summed E-state index contributed by atoms with van der Waals surface area (Å²) in [5.74, 6) is 0. The maximum absolute atomic E-state index is 9.02. The minimum Gasteiger partial charge on any atom is -0.369 e. The van der Waals surface area contributed by atoms with E-state index in [-0.39, 0.29) is 0 Å². The molecule has 0 radical (unpaired) electrons.